The van der Waals surface area contributed by atoms with Crippen molar-refractivity contribution in [1.82, 2.24) is 9.45 Å². The van der Waals surface area contributed by atoms with Gasteiger partial charge in [-0.05, 0) is 25.0 Å². The van der Waals surface area contributed by atoms with Gasteiger partial charge in [0.15, 0.2) is 0 Å². The maximum absolute atomic E-state index is 11.8. The molecule has 0 radical (unpaired) electrons. The van der Waals surface area contributed by atoms with Crippen LogP contribution in [0.1, 0.15) is 12.8 Å². The summed E-state index contributed by atoms with van der Waals surface area (Å²) in [6.07, 6.45) is 2.70. The molecule has 16 heavy (non-hydrogen) atoms. The lowest BCUT2D eigenvalue weighted by atomic mass is 9.90. The normalized spacial score (nSPS) is 25.4. The van der Waals surface area contributed by atoms with Crippen LogP contribution in [-0.2, 0) is 10.0 Å². The number of sulfonamides is 1. The summed E-state index contributed by atoms with van der Waals surface area (Å²) < 4.78 is 24.0. The van der Waals surface area contributed by atoms with Gasteiger partial charge in [0.1, 0.15) is 0 Å². The summed E-state index contributed by atoms with van der Waals surface area (Å²) in [5, 5.41) is 18.6. The minimum atomic E-state index is -3.88. The van der Waals surface area contributed by atoms with Crippen molar-refractivity contribution in [3.63, 3.8) is 0 Å². The van der Waals surface area contributed by atoms with Crippen molar-refractivity contribution in [1.29, 1.82) is 0 Å². The molecule has 1 saturated carbocycles. The molecule has 0 saturated heterocycles. The second-order valence-corrected chi connectivity index (χ2v) is 5.54. The zero-order chi connectivity index (χ0) is 11.8. The third-order valence-corrected chi connectivity index (χ3v) is 4.25. The fourth-order valence-corrected chi connectivity index (χ4v) is 2.80. The van der Waals surface area contributed by atoms with Gasteiger partial charge in [-0.3, -0.25) is 10.2 Å². The van der Waals surface area contributed by atoms with E-state index in [2.05, 4.69) is 4.98 Å². The number of hydroxylamine groups is 1. The van der Waals surface area contributed by atoms with Gasteiger partial charge in [-0.1, -0.05) is 4.47 Å². The Morgan fingerprint density at radius 1 is 1.31 bits per heavy atom. The first-order valence-corrected chi connectivity index (χ1v) is 6.27. The Balaban J connectivity index is 2.20. The van der Waals surface area contributed by atoms with Gasteiger partial charge in [-0.25, -0.2) is 8.42 Å². The molecular weight excluding hydrogens is 232 g/mol. The smallest absolute Gasteiger partial charge is 0.265 e. The Labute approximate surface area is 93.2 Å². The highest BCUT2D eigenvalue weighted by atomic mass is 32.2. The van der Waals surface area contributed by atoms with Crippen LogP contribution < -0.4 is 0 Å². The lowest BCUT2D eigenvalue weighted by molar-refractivity contribution is -0.0985. The molecule has 1 aliphatic carbocycles. The van der Waals surface area contributed by atoms with E-state index in [0.717, 1.165) is 0 Å². The summed E-state index contributed by atoms with van der Waals surface area (Å²) in [6, 6.07) is 2.09. The van der Waals surface area contributed by atoms with E-state index in [1.807, 2.05) is 0 Å². The largest absolute Gasteiger partial charge is 0.393 e. The monoisotopic (exact) mass is 244 g/mol. The maximum atomic E-state index is 11.8. The molecule has 0 aliphatic heterocycles. The van der Waals surface area contributed by atoms with Crippen molar-refractivity contribution in [2.75, 3.05) is 0 Å². The zero-order valence-electron chi connectivity index (χ0n) is 8.39. The van der Waals surface area contributed by atoms with Crippen LogP contribution in [0.25, 0.3) is 0 Å². The van der Waals surface area contributed by atoms with Gasteiger partial charge >= 0.3 is 0 Å². The van der Waals surface area contributed by atoms with Gasteiger partial charge in [0.25, 0.3) is 10.0 Å². The van der Waals surface area contributed by atoms with Crippen molar-refractivity contribution >= 4 is 10.0 Å². The molecule has 2 N–H and O–H groups in total. The quantitative estimate of drug-likeness (QED) is 0.729. The summed E-state index contributed by atoms with van der Waals surface area (Å²) in [6.45, 7) is 0. The number of aliphatic hydroxyl groups excluding tert-OH is 1. The van der Waals surface area contributed by atoms with Gasteiger partial charge < -0.3 is 5.11 Å². The Morgan fingerprint density at radius 2 is 1.88 bits per heavy atom. The molecule has 1 fully saturated rings. The second kappa shape index (κ2) is 4.10. The first kappa shape index (κ1) is 11.5. The number of hydrogen-bond acceptors (Lipinski definition) is 5. The second-order valence-electron chi connectivity index (χ2n) is 3.74. The highest BCUT2D eigenvalue weighted by Gasteiger charge is 2.38. The van der Waals surface area contributed by atoms with E-state index < -0.39 is 22.2 Å². The molecule has 0 amide bonds. The fraction of sp³-hybridized carbons (Fsp3) is 0.444. The summed E-state index contributed by atoms with van der Waals surface area (Å²) in [7, 11) is -3.88. The molecule has 88 valence electrons. The van der Waals surface area contributed by atoms with Crippen molar-refractivity contribution < 1.29 is 18.7 Å². The molecule has 1 aliphatic rings. The molecule has 1 aromatic rings. The summed E-state index contributed by atoms with van der Waals surface area (Å²) in [5.41, 5.74) is 0. The van der Waals surface area contributed by atoms with Gasteiger partial charge in [-0.2, -0.15) is 0 Å². The molecule has 2 rings (SSSR count). The predicted molar refractivity (Wildman–Crippen MR) is 54.1 cm³/mol. The molecule has 0 aromatic carbocycles. The Hall–Kier alpha value is -1.02. The Bertz CT molecular complexity index is 456. The van der Waals surface area contributed by atoms with E-state index in [1.165, 1.54) is 24.5 Å². The van der Waals surface area contributed by atoms with E-state index in [1.54, 1.807) is 0 Å². The number of aliphatic hydroxyl groups is 1. The number of nitrogens with zero attached hydrogens (tertiary/aromatic N) is 2. The Kier molecular flexibility index (Phi) is 2.94. The lowest BCUT2D eigenvalue weighted by Gasteiger charge is -2.35. The molecule has 1 heterocycles. The first-order valence-electron chi connectivity index (χ1n) is 4.83. The Morgan fingerprint density at radius 3 is 2.38 bits per heavy atom. The number of aromatic nitrogens is 1. The average molecular weight is 244 g/mol. The van der Waals surface area contributed by atoms with Crippen LogP contribution >= 0.6 is 0 Å². The van der Waals surface area contributed by atoms with Crippen molar-refractivity contribution in [3.8, 4) is 0 Å². The summed E-state index contributed by atoms with van der Waals surface area (Å²) >= 11 is 0. The van der Waals surface area contributed by atoms with Crippen LogP contribution in [0.4, 0.5) is 0 Å². The molecule has 0 bridgehead atoms. The third kappa shape index (κ3) is 1.94. The SMILES string of the molecule is O=S(=O)(c1ccncc1)N(O)C1CC(O)C1. The van der Waals surface area contributed by atoms with Gasteiger partial charge in [0, 0.05) is 12.4 Å². The first-order chi connectivity index (χ1) is 7.51. The lowest BCUT2D eigenvalue weighted by Crippen LogP contribution is -2.48. The van der Waals surface area contributed by atoms with Crippen LogP contribution in [0.3, 0.4) is 0 Å². The molecule has 1 aromatic heterocycles. The molecule has 6 nitrogen and oxygen atoms in total. The van der Waals surface area contributed by atoms with Crippen molar-refractivity contribution in [3.05, 3.63) is 24.5 Å². The summed E-state index contributed by atoms with van der Waals surface area (Å²) in [5.74, 6) is 0. The van der Waals surface area contributed by atoms with Gasteiger partial charge in [-0.15, -0.1) is 0 Å². The zero-order valence-corrected chi connectivity index (χ0v) is 9.21. The van der Waals surface area contributed by atoms with Gasteiger partial charge in [0.05, 0.1) is 17.0 Å². The standard InChI is InChI=1S/C9H12N2O4S/c12-8-5-7(6-8)11(13)16(14,15)9-1-3-10-4-2-9/h1-4,7-8,12-13H,5-6H2. The van der Waals surface area contributed by atoms with Crippen LogP contribution in [-0.4, -0.2) is 40.3 Å². The van der Waals surface area contributed by atoms with E-state index >= 15 is 0 Å². The minimum Gasteiger partial charge on any atom is -0.393 e. The van der Waals surface area contributed by atoms with Crippen LogP contribution in [0.5, 0.6) is 0 Å². The van der Waals surface area contributed by atoms with Crippen LogP contribution in [0, 0.1) is 0 Å². The van der Waals surface area contributed by atoms with Crippen molar-refractivity contribution in [2.45, 2.75) is 29.9 Å². The molecule has 0 spiro atoms. The number of pyridine rings is 1. The highest BCUT2D eigenvalue weighted by Crippen LogP contribution is 2.28. The molecular formula is C9H12N2O4S. The van der Waals surface area contributed by atoms with E-state index in [-0.39, 0.29) is 17.7 Å². The van der Waals surface area contributed by atoms with Crippen molar-refractivity contribution in [2.24, 2.45) is 0 Å². The number of rotatable bonds is 3. The predicted octanol–water partition coefficient (Wildman–Crippen LogP) is -0.0152. The topological polar surface area (TPSA) is 90.7 Å². The maximum Gasteiger partial charge on any atom is 0.265 e. The van der Waals surface area contributed by atoms with Crippen LogP contribution in [0.15, 0.2) is 29.4 Å². The molecule has 0 unspecified atom stereocenters. The van der Waals surface area contributed by atoms with Crippen LogP contribution in [0.2, 0.25) is 0 Å². The minimum absolute atomic E-state index is 0.00797. The van der Waals surface area contributed by atoms with Gasteiger partial charge in [0.2, 0.25) is 0 Å². The van der Waals surface area contributed by atoms with E-state index in [0.29, 0.717) is 4.47 Å². The number of hydrogen-bond donors (Lipinski definition) is 2. The average Bonchev–Trinajstić information content (AvgIpc) is 2.25. The summed E-state index contributed by atoms with van der Waals surface area (Å²) in [4.78, 5) is 3.70. The van der Waals surface area contributed by atoms with E-state index in [4.69, 9.17) is 5.11 Å². The van der Waals surface area contributed by atoms with E-state index in [9.17, 15) is 13.6 Å². The third-order valence-electron chi connectivity index (χ3n) is 2.59. The molecule has 7 heteroatoms. The highest BCUT2D eigenvalue weighted by molar-refractivity contribution is 7.89. The fourth-order valence-electron chi connectivity index (χ4n) is 1.55. The molecule has 0 atom stereocenters.